The van der Waals surface area contributed by atoms with Gasteiger partial charge in [0.25, 0.3) is 5.91 Å². The second-order valence-electron chi connectivity index (χ2n) is 21.9. The Balaban J connectivity index is 0.000000145. The fraction of sp³-hybridized carbons (Fsp3) is 0.349. The fourth-order valence-corrected chi connectivity index (χ4v) is 18.7. The lowest BCUT2D eigenvalue weighted by molar-refractivity contribution is -0.147. The van der Waals surface area contributed by atoms with Crippen LogP contribution in [0, 0.1) is 0 Å². The molecule has 1 aromatic heterocycles. The first-order valence-electron chi connectivity index (χ1n) is 28.0. The number of carboxylic acids is 1. The molecule has 18 nitrogen and oxygen atoms in total. The third kappa shape index (κ3) is 16.1. The van der Waals surface area contributed by atoms with Crippen LogP contribution in [-0.4, -0.2) is 183 Å². The number of aliphatic carboxylic acids is 1. The number of amides is 1. The number of carboxylic acid groups (broad SMARTS) is 1. The molecule has 466 valence electrons. The normalized spacial score (nSPS) is 25.2. The van der Waals surface area contributed by atoms with Gasteiger partial charge in [-0.05, 0) is 95.5 Å². The molecule has 25 heteroatoms. The van der Waals surface area contributed by atoms with Gasteiger partial charge >= 0.3 is 5.97 Å². The van der Waals surface area contributed by atoms with Crippen molar-refractivity contribution in [3.8, 4) is 39.3 Å². The molecule has 2 saturated heterocycles. The van der Waals surface area contributed by atoms with E-state index in [9.17, 15) is 40.2 Å². The maximum Gasteiger partial charge on any atom is 0.324 e. The van der Waals surface area contributed by atoms with Gasteiger partial charge in [-0.15, -0.1) is 81.9 Å². The van der Waals surface area contributed by atoms with Crippen molar-refractivity contribution in [3.05, 3.63) is 167 Å². The number of aromatic nitrogens is 1. The van der Waals surface area contributed by atoms with Crippen molar-refractivity contribution in [2.24, 2.45) is 31.4 Å². The van der Waals surface area contributed by atoms with E-state index in [1.807, 2.05) is 78.3 Å². The van der Waals surface area contributed by atoms with Gasteiger partial charge in [0.15, 0.2) is 0 Å². The second-order valence-corrected chi connectivity index (χ2v) is 29.7. The molecule has 0 saturated carbocycles. The van der Waals surface area contributed by atoms with Gasteiger partial charge in [0.05, 0.1) is 47.1 Å². The van der Waals surface area contributed by atoms with Crippen molar-refractivity contribution in [3.63, 3.8) is 0 Å². The first-order chi connectivity index (χ1) is 41.9. The van der Waals surface area contributed by atoms with E-state index in [1.165, 1.54) is 11.3 Å². The summed E-state index contributed by atoms with van der Waals surface area (Å²) in [5.74, 6) is 3.14. The lowest BCUT2D eigenvalue weighted by Gasteiger charge is -2.33. The van der Waals surface area contributed by atoms with Gasteiger partial charge in [-0.25, -0.2) is 4.98 Å². The summed E-state index contributed by atoms with van der Waals surface area (Å²) in [6.07, 6.45) is 0. The van der Waals surface area contributed by atoms with Crippen LogP contribution in [0.15, 0.2) is 159 Å². The quantitative estimate of drug-likeness (QED) is 0.0582. The lowest BCUT2D eigenvalue weighted by atomic mass is 10.0. The monoisotopic (exact) mass is 1320 g/mol. The van der Waals surface area contributed by atoms with Crippen molar-refractivity contribution in [2.75, 3.05) is 43.7 Å². The standard InChI is InChI=1S/C16H20N2O3S2.C16H22N2OS2.C11H12N2OS.C10H8N2O2S.C10H11NO2S/c1-9-12(14-18(3)16(2,8-22-14)15(20)21)17-13(23-9)10-6-4-5-7-11(10)19;1-10-13(15-18(4)16(2,3)9-20-15)17-14(21-10)11-7-5-6-8-12(11)19;1-7(12)9-6-15-11(13-9)8-4-2-3-5-10(8)14;11-9(14)7-5-15-10(12-7)6-3-1-2-4-8(6)13;12-5-7-6-14-10(11-7)8-3-1-2-4-9(8)13/h4-7,9,12,14,19H,8H2,1-3H3,(H,20,21);5-8,10,13,15,19H,9H2,1-4H3;2-5,9,14H,1,6,12H2;1-5,13H,(H2,11,14);1-4,7,12-13H,5-6H2/t9-,12+,14-,16+;10-,13+,15+;;;7-/m00..1/s1. The zero-order valence-electron chi connectivity index (χ0n) is 49.6. The number of nitrogens with zero attached hydrogens (tertiary/aromatic N) is 7. The summed E-state index contributed by atoms with van der Waals surface area (Å²) in [5.41, 5.74) is 14.6. The summed E-state index contributed by atoms with van der Waals surface area (Å²) >= 11 is 11.5. The summed E-state index contributed by atoms with van der Waals surface area (Å²) in [4.78, 5) is 49.3. The Labute approximate surface area is 542 Å². The highest BCUT2D eigenvalue weighted by molar-refractivity contribution is 8.16. The van der Waals surface area contributed by atoms with Crippen molar-refractivity contribution >= 4 is 114 Å². The molecule has 0 spiro atoms. The first-order valence-corrected chi connectivity index (χ1v) is 34.7. The molecule has 7 heterocycles. The highest BCUT2D eigenvalue weighted by Crippen LogP contribution is 2.46. The molecule has 88 heavy (non-hydrogen) atoms. The molecular weight excluding hydrogens is 1250 g/mol. The Kier molecular flexibility index (Phi) is 23.2. The zero-order valence-corrected chi connectivity index (χ0v) is 55.3. The number of thiazole rings is 1. The number of aliphatic hydroxyl groups excluding tert-OH is 1. The number of aliphatic imine (C=N–C) groups is 4. The number of carbonyl (C=O) groups is 2. The Morgan fingerprint density at radius 1 is 0.591 bits per heavy atom. The van der Waals surface area contributed by atoms with Crippen molar-refractivity contribution in [1.82, 2.24) is 14.8 Å². The molecule has 0 radical (unpaired) electrons. The molecule has 0 bridgehead atoms. The molecule has 1 amide bonds. The number of benzene rings is 5. The van der Waals surface area contributed by atoms with Crippen LogP contribution in [0.25, 0.3) is 10.6 Å². The molecule has 2 fully saturated rings. The third-order valence-electron chi connectivity index (χ3n) is 15.2. The number of likely N-dealkylation sites (N-methyl/N-ethyl adjacent to an activating group) is 2. The van der Waals surface area contributed by atoms with E-state index in [0.29, 0.717) is 38.4 Å². The number of hydrogen-bond donors (Lipinski definition) is 9. The van der Waals surface area contributed by atoms with Gasteiger partial charge in [-0.1, -0.05) is 81.1 Å². The maximum atomic E-state index is 11.6. The van der Waals surface area contributed by atoms with E-state index < -0.39 is 17.4 Å². The van der Waals surface area contributed by atoms with Crippen LogP contribution in [0.1, 0.15) is 67.4 Å². The van der Waals surface area contributed by atoms with Crippen LogP contribution >= 0.6 is 81.9 Å². The Hall–Kier alpha value is -6.13. The van der Waals surface area contributed by atoms with Gasteiger partial charge in [0, 0.05) is 72.4 Å². The van der Waals surface area contributed by atoms with E-state index in [4.69, 9.17) is 26.6 Å². The number of aliphatic hydroxyl groups is 1. The zero-order chi connectivity index (χ0) is 63.6. The van der Waals surface area contributed by atoms with Crippen LogP contribution in [-0.2, 0) is 4.79 Å². The van der Waals surface area contributed by atoms with Crippen LogP contribution in [0.3, 0.4) is 0 Å². The largest absolute Gasteiger partial charge is 0.507 e. The topological polar surface area (TPSA) is 297 Å². The van der Waals surface area contributed by atoms with Gasteiger partial charge in [-0.2, -0.15) is 0 Å². The number of aromatic hydroxyl groups is 5. The maximum absolute atomic E-state index is 11.6. The Bertz CT molecular complexity index is 3610. The van der Waals surface area contributed by atoms with E-state index in [1.54, 1.807) is 138 Å². The Morgan fingerprint density at radius 2 is 1.00 bits per heavy atom. The second kappa shape index (κ2) is 30.1. The van der Waals surface area contributed by atoms with Crippen molar-refractivity contribution in [1.29, 1.82) is 0 Å². The van der Waals surface area contributed by atoms with E-state index in [-0.39, 0.29) is 75.6 Å². The predicted molar refractivity (Wildman–Crippen MR) is 369 cm³/mol. The number of hydrogen-bond acceptors (Lipinski definition) is 23. The number of phenolic OH excluding ortho intramolecular Hbond substituents is 5. The average Bonchev–Trinajstić information content (AvgIpc) is 2.89. The molecule has 5 aromatic carbocycles. The number of rotatable bonds is 11. The minimum absolute atomic E-state index is 0.00535. The summed E-state index contributed by atoms with van der Waals surface area (Å²) < 4.78 is 0. The van der Waals surface area contributed by atoms with Crippen LogP contribution in [0.5, 0.6) is 28.7 Å². The van der Waals surface area contributed by atoms with E-state index in [0.717, 1.165) is 59.7 Å². The van der Waals surface area contributed by atoms with Gasteiger partial charge in [-0.3, -0.25) is 39.4 Å². The van der Waals surface area contributed by atoms with Gasteiger partial charge < -0.3 is 47.2 Å². The van der Waals surface area contributed by atoms with E-state index in [2.05, 4.69) is 61.2 Å². The molecule has 0 aliphatic carbocycles. The van der Waals surface area contributed by atoms with Gasteiger partial charge in [0.2, 0.25) is 0 Å². The van der Waals surface area contributed by atoms with Crippen LogP contribution < -0.4 is 11.5 Å². The number of nitrogens with two attached hydrogens (primary N) is 2. The Morgan fingerprint density at radius 3 is 1.36 bits per heavy atom. The molecule has 6 aromatic rings. The molecule has 9 atom stereocenters. The van der Waals surface area contributed by atoms with Gasteiger partial charge in [0.1, 0.15) is 65.2 Å². The summed E-state index contributed by atoms with van der Waals surface area (Å²) in [7, 11) is 4.07. The fourth-order valence-electron chi connectivity index (χ4n) is 9.50. The lowest BCUT2D eigenvalue weighted by Crippen LogP contribution is -2.52. The minimum Gasteiger partial charge on any atom is -0.507 e. The smallest absolute Gasteiger partial charge is 0.324 e. The molecule has 6 aliphatic heterocycles. The minimum atomic E-state index is -0.854. The molecular formula is C63H73N9O9S7. The third-order valence-corrected chi connectivity index (χ3v) is 24.2. The van der Waals surface area contributed by atoms with E-state index >= 15 is 0 Å². The molecule has 6 aliphatic rings. The number of thioether (sulfide) groups is 6. The SMILES string of the molecule is C=C(N)C1CSC(c2ccccc2O)=N1.C[C@@H]1SC(c2ccccc2O)=N[C@H]1[C@@H]1SC[C@](C)(C(=O)O)N1C.C[C@@H]1SC(c2ccccc2O)=N[C@H]1[C@H]1SCC(C)(C)N1C.NC(=O)c1csc(-c2ccccc2O)n1.OC[C@@H]1CSC(c2ccccc2O)=N1. The number of para-hydroxylation sites is 5. The first kappa shape index (κ1) is 67.8. The molecule has 11 N–H and O–H groups in total. The highest BCUT2D eigenvalue weighted by atomic mass is 32.2. The molecule has 1 unspecified atom stereocenters. The number of primary amides is 1. The predicted octanol–water partition coefficient (Wildman–Crippen LogP) is 10.5. The number of phenols is 5. The average molecular weight is 1320 g/mol. The highest BCUT2D eigenvalue weighted by Gasteiger charge is 2.52. The molecule has 12 rings (SSSR count). The van der Waals surface area contributed by atoms with Crippen molar-refractivity contribution in [2.45, 2.75) is 91.1 Å². The summed E-state index contributed by atoms with van der Waals surface area (Å²) in [6, 6.07) is 36.0. The van der Waals surface area contributed by atoms with Crippen molar-refractivity contribution < 1.29 is 45.3 Å². The van der Waals surface area contributed by atoms with Crippen LogP contribution in [0.2, 0.25) is 0 Å². The summed E-state index contributed by atoms with van der Waals surface area (Å²) in [6.45, 7) is 14.5. The summed E-state index contributed by atoms with van der Waals surface area (Å²) in [5, 5.41) is 74.0. The number of carbonyl (C=O) groups excluding carboxylic acids is 1. The van der Waals surface area contributed by atoms with Crippen LogP contribution in [0.4, 0.5) is 0 Å².